The molecule has 0 saturated heterocycles. The zero-order valence-electron chi connectivity index (χ0n) is 18.3. The molecule has 0 aliphatic carbocycles. The summed E-state index contributed by atoms with van der Waals surface area (Å²) in [6, 6.07) is 7.55. The number of allylic oxidation sites excluding steroid dienone is 2. The van der Waals surface area contributed by atoms with Crippen LogP contribution < -0.4 is 10.6 Å². The fourth-order valence-electron chi connectivity index (χ4n) is 3.03. The largest absolute Gasteiger partial charge is 0.507 e. The lowest BCUT2D eigenvalue weighted by Crippen LogP contribution is -2.38. The number of phenolic OH excluding ortho intramolecular Hbond substituents is 1. The lowest BCUT2D eigenvalue weighted by molar-refractivity contribution is -0.138. The number of nitrogens with one attached hydrogen (secondary N) is 2. The molecule has 0 aromatic heterocycles. The third kappa shape index (κ3) is 13.3. The summed E-state index contributed by atoms with van der Waals surface area (Å²) in [4.78, 5) is 23.2. The van der Waals surface area contributed by atoms with Crippen molar-refractivity contribution in [2.45, 2.75) is 75.5 Å². The highest BCUT2D eigenvalue weighted by Crippen LogP contribution is 2.28. The number of rotatable bonds is 16. The zero-order chi connectivity index (χ0) is 21.9. The maximum atomic E-state index is 11.2. The average Bonchev–Trinajstić information content (AvgIpc) is 2.76. The van der Waals surface area contributed by atoms with Crippen molar-refractivity contribution in [1.82, 2.24) is 10.6 Å². The Morgan fingerprint density at radius 2 is 1.47 bits per heavy atom. The van der Waals surface area contributed by atoms with Gasteiger partial charge in [0, 0.05) is 18.5 Å². The van der Waals surface area contributed by atoms with E-state index in [0.717, 1.165) is 36.3 Å². The molecule has 30 heavy (non-hydrogen) atoms. The molecule has 0 bridgehead atoms. The molecular weight excluding hydrogens is 396 g/mol. The Kier molecular flexibility index (Phi) is 15.5. The molecule has 6 heteroatoms. The van der Waals surface area contributed by atoms with Crippen molar-refractivity contribution >= 4 is 23.6 Å². The average molecular weight is 435 g/mol. The molecule has 0 aliphatic rings. The van der Waals surface area contributed by atoms with E-state index in [0.29, 0.717) is 12.3 Å². The van der Waals surface area contributed by atoms with Gasteiger partial charge in [-0.05, 0) is 56.4 Å². The van der Waals surface area contributed by atoms with Crippen LogP contribution in [0, 0.1) is 0 Å². The van der Waals surface area contributed by atoms with E-state index in [4.69, 9.17) is 0 Å². The van der Waals surface area contributed by atoms with Crippen LogP contribution in [-0.2, 0) is 9.59 Å². The number of aromatic hydroxyl groups is 1. The molecule has 0 atom stereocenters. The van der Waals surface area contributed by atoms with Gasteiger partial charge in [-0.2, -0.15) is 0 Å². The van der Waals surface area contributed by atoms with Crippen LogP contribution in [0.5, 0.6) is 5.75 Å². The van der Waals surface area contributed by atoms with Gasteiger partial charge in [-0.15, -0.1) is 11.8 Å². The summed E-state index contributed by atoms with van der Waals surface area (Å²) < 4.78 is 0. The molecule has 0 radical (unpaired) electrons. The number of phenols is 1. The highest BCUT2D eigenvalue weighted by Gasteiger charge is 2.08. The molecule has 3 N–H and O–H groups in total. The van der Waals surface area contributed by atoms with Crippen molar-refractivity contribution in [3.05, 3.63) is 36.4 Å². The minimum Gasteiger partial charge on any atom is -0.507 e. The molecule has 1 aromatic carbocycles. The van der Waals surface area contributed by atoms with Crippen molar-refractivity contribution in [2.24, 2.45) is 0 Å². The number of amides is 2. The van der Waals surface area contributed by atoms with Crippen molar-refractivity contribution in [1.29, 1.82) is 0 Å². The number of para-hydroxylation sites is 1. The molecule has 0 spiro atoms. The van der Waals surface area contributed by atoms with Crippen LogP contribution in [0.1, 0.15) is 70.6 Å². The van der Waals surface area contributed by atoms with Crippen LogP contribution in [-0.4, -0.2) is 36.3 Å². The SMILES string of the molecule is CNC(=O)C(=O)NCCCCC=CCCCCCCCCCSc1ccccc1O. The first-order valence-corrected chi connectivity index (χ1v) is 12.2. The van der Waals surface area contributed by atoms with E-state index in [1.165, 1.54) is 52.0 Å². The Bertz CT molecular complexity index is 635. The van der Waals surface area contributed by atoms with Gasteiger partial charge in [-0.1, -0.05) is 56.4 Å². The number of carbonyl (C=O) groups is 2. The predicted octanol–water partition coefficient (Wildman–Crippen LogP) is 5.19. The number of carbonyl (C=O) groups excluding carboxylic acids is 2. The Balaban J connectivity index is 1.81. The fraction of sp³-hybridized carbons (Fsp3) is 0.583. The smallest absolute Gasteiger partial charge is 0.309 e. The molecule has 0 unspecified atom stereocenters. The topological polar surface area (TPSA) is 78.4 Å². The second-order valence-corrected chi connectivity index (χ2v) is 8.52. The lowest BCUT2D eigenvalue weighted by Gasteiger charge is -2.04. The summed E-state index contributed by atoms with van der Waals surface area (Å²) in [6.07, 6.45) is 17.5. The number of hydrogen-bond acceptors (Lipinski definition) is 4. The van der Waals surface area contributed by atoms with E-state index in [9.17, 15) is 14.7 Å². The molecule has 1 aromatic rings. The molecule has 1 rings (SSSR count). The minimum absolute atomic E-state index is 0.392. The molecule has 5 nitrogen and oxygen atoms in total. The normalized spacial score (nSPS) is 11.0. The summed E-state index contributed by atoms with van der Waals surface area (Å²) in [5, 5.41) is 14.6. The van der Waals surface area contributed by atoms with Gasteiger partial charge in [0.25, 0.3) is 0 Å². The first-order chi connectivity index (χ1) is 14.6. The van der Waals surface area contributed by atoms with Crippen molar-refractivity contribution in [3.63, 3.8) is 0 Å². The standard InChI is InChI=1S/C24H38N2O3S/c1-25-23(28)24(29)26-19-15-11-9-7-5-3-2-4-6-8-10-12-16-20-30-22-18-14-13-17-21(22)27/h5,7,13-14,17-18,27H,2-4,6,8-12,15-16,19-20H2,1H3,(H,25,28)(H,26,29). The highest BCUT2D eigenvalue weighted by molar-refractivity contribution is 7.99. The molecule has 2 amide bonds. The van der Waals surface area contributed by atoms with E-state index in [1.54, 1.807) is 17.8 Å². The fourth-order valence-corrected chi connectivity index (χ4v) is 3.99. The van der Waals surface area contributed by atoms with Crippen LogP contribution in [0.2, 0.25) is 0 Å². The van der Waals surface area contributed by atoms with Gasteiger partial charge in [0.2, 0.25) is 0 Å². The number of hydrogen-bond donors (Lipinski definition) is 3. The summed E-state index contributed by atoms with van der Waals surface area (Å²) >= 11 is 1.74. The van der Waals surface area contributed by atoms with Gasteiger partial charge in [0.1, 0.15) is 5.75 Å². The lowest BCUT2D eigenvalue weighted by atomic mass is 10.1. The van der Waals surface area contributed by atoms with Gasteiger partial charge < -0.3 is 15.7 Å². The summed E-state index contributed by atoms with van der Waals surface area (Å²) in [5.74, 6) is 0.323. The number of likely N-dealkylation sites (N-methyl/N-ethyl adjacent to an activating group) is 1. The Morgan fingerprint density at radius 3 is 2.13 bits per heavy atom. The minimum atomic E-state index is -0.585. The zero-order valence-corrected chi connectivity index (χ0v) is 19.1. The Hall–Kier alpha value is -1.95. The second-order valence-electron chi connectivity index (χ2n) is 7.38. The van der Waals surface area contributed by atoms with E-state index in [-0.39, 0.29) is 0 Å². The van der Waals surface area contributed by atoms with Crippen molar-refractivity contribution in [3.8, 4) is 5.75 Å². The van der Waals surface area contributed by atoms with E-state index in [1.807, 2.05) is 18.2 Å². The molecule has 0 heterocycles. The van der Waals surface area contributed by atoms with Gasteiger partial charge in [0.05, 0.1) is 0 Å². The third-order valence-electron chi connectivity index (χ3n) is 4.82. The molecule has 168 valence electrons. The van der Waals surface area contributed by atoms with Crippen LogP contribution >= 0.6 is 11.8 Å². The maximum Gasteiger partial charge on any atom is 0.309 e. The van der Waals surface area contributed by atoms with Crippen molar-refractivity contribution < 1.29 is 14.7 Å². The van der Waals surface area contributed by atoms with Crippen LogP contribution in [0.25, 0.3) is 0 Å². The molecular formula is C24H38N2O3S. The van der Waals surface area contributed by atoms with Gasteiger partial charge in [-0.25, -0.2) is 0 Å². The van der Waals surface area contributed by atoms with Crippen LogP contribution in [0.4, 0.5) is 0 Å². The third-order valence-corrected chi connectivity index (χ3v) is 5.97. The first-order valence-electron chi connectivity index (χ1n) is 11.2. The van der Waals surface area contributed by atoms with E-state index in [2.05, 4.69) is 22.8 Å². The van der Waals surface area contributed by atoms with Gasteiger partial charge >= 0.3 is 11.8 Å². The Morgan fingerprint density at radius 1 is 0.867 bits per heavy atom. The molecule has 0 aliphatic heterocycles. The summed E-state index contributed by atoms with van der Waals surface area (Å²) in [7, 11) is 1.45. The highest BCUT2D eigenvalue weighted by atomic mass is 32.2. The maximum absolute atomic E-state index is 11.2. The second kappa shape index (κ2) is 17.9. The summed E-state index contributed by atoms with van der Waals surface area (Å²) in [5.41, 5.74) is 0. The van der Waals surface area contributed by atoms with Crippen LogP contribution in [0.3, 0.4) is 0 Å². The van der Waals surface area contributed by atoms with Gasteiger partial charge in [0.15, 0.2) is 0 Å². The number of thioether (sulfide) groups is 1. The van der Waals surface area contributed by atoms with Crippen LogP contribution in [0.15, 0.2) is 41.3 Å². The number of benzene rings is 1. The number of unbranched alkanes of at least 4 members (excludes halogenated alkanes) is 9. The summed E-state index contributed by atoms with van der Waals surface area (Å²) in [6.45, 7) is 0.549. The molecule has 0 saturated carbocycles. The quantitative estimate of drug-likeness (QED) is 0.145. The first kappa shape index (κ1) is 26.1. The molecule has 0 fully saturated rings. The van der Waals surface area contributed by atoms with E-state index >= 15 is 0 Å². The van der Waals surface area contributed by atoms with Gasteiger partial charge in [-0.3, -0.25) is 9.59 Å². The van der Waals surface area contributed by atoms with Crippen molar-refractivity contribution in [2.75, 3.05) is 19.3 Å². The Labute approximate surface area is 186 Å². The van der Waals surface area contributed by atoms with E-state index < -0.39 is 11.8 Å². The monoisotopic (exact) mass is 434 g/mol. The predicted molar refractivity (Wildman–Crippen MR) is 126 cm³/mol.